The highest BCUT2D eigenvalue weighted by Crippen LogP contribution is 2.25. The van der Waals surface area contributed by atoms with E-state index in [2.05, 4.69) is 4.90 Å². The van der Waals surface area contributed by atoms with Gasteiger partial charge in [0, 0.05) is 6.04 Å². The minimum absolute atomic E-state index is 0.407. The first-order chi connectivity index (χ1) is 8.68. The lowest BCUT2D eigenvalue weighted by Gasteiger charge is -2.30. The van der Waals surface area contributed by atoms with Crippen LogP contribution in [0, 0.1) is 0 Å². The molecule has 0 spiro atoms. The van der Waals surface area contributed by atoms with Gasteiger partial charge in [-0.3, -0.25) is 9.69 Å². The van der Waals surface area contributed by atoms with Gasteiger partial charge in [-0.25, -0.2) is 0 Å². The fourth-order valence-corrected chi connectivity index (χ4v) is 2.81. The van der Waals surface area contributed by atoms with Crippen LogP contribution in [-0.2, 0) is 11.2 Å². The summed E-state index contributed by atoms with van der Waals surface area (Å²) in [4.78, 5) is 13.5. The molecule has 0 aliphatic heterocycles. The summed E-state index contributed by atoms with van der Waals surface area (Å²) in [6, 6.07) is 9.91. The summed E-state index contributed by atoms with van der Waals surface area (Å²) in [5.74, 6) is -0.715. The van der Waals surface area contributed by atoms with Gasteiger partial charge in [0.05, 0.1) is 0 Å². The van der Waals surface area contributed by atoms with Gasteiger partial charge >= 0.3 is 5.97 Å². The number of aliphatic carboxylic acids is 1. The summed E-state index contributed by atoms with van der Waals surface area (Å²) in [6.45, 7) is 0. The Morgan fingerprint density at radius 2 is 1.94 bits per heavy atom. The Balaban J connectivity index is 2.05. The fourth-order valence-electron chi connectivity index (χ4n) is 2.81. The van der Waals surface area contributed by atoms with Crippen molar-refractivity contribution >= 4 is 5.97 Å². The standard InChI is InChI=1S/C15H21NO2/c1-16(13-9-5-6-10-13)14(15(17)18)11-12-7-3-2-4-8-12/h2-4,7-8,13-14H,5-6,9-11H2,1H3,(H,17,18)/t14-/m0/s1. The second-order valence-electron chi connectivity index (χ2n) is 5.15. The number of rotatable bonds is 5. The van der Waals surface area contributed by atoms with Gasteiger partial charge < -0.3 is 5.11 Å². The highest BCUT2D eigenvalue weighted by atomic mass is 16.4. The third-order valence-corrected chi connectivity index (χ3v) is 3.95. The number of likely N-dealkylation sites (N-methyl/N-ethyl adjacent to an activating group) is 1. The van der Waals surface area contributed by atoms with Gasteiger partial charge in [-0.05, 0) is 31.9 Å². The van der Waals surface area contributed by atoms with Crippen LogP contribution in [0.3, 0.4) is 0 Å². The molecular formula is C15H21NO2. The summed E-state index contributed by atoms with van der Waals surface area (Å²) in [7, 11) is 1.96. The van der Waals surface area contributed by atoms with Crippen LogP contribution in [0.2, 0.25) is 0 Å². The lowest BCUT2D eigenvalue weighted by molar-refractivity contribution is -0.143. The minimum atomic E-state index is -0.715. The van der Waals surface area contributed by atoms with E-state index in [4.69, 9.17) is 0 Å². The Hall–Kier alpha value is -1.35. The van der Waals surface area contributed by atoms with Gasteiger partial charge in [-0.1, -0.05) is 43.2 Å². The van der Waals surface area contributed by atoms with Crippen molar-refractivity contribution < 1.29 is 9.90 Å². The van der Waals surface area contributed by atoms with E-state index in [1.54, 1.807) is 0 Å². The molecule has 1 aromatic carbocycles. The maximum Gasteiger partial charge on any atom is 0.321 e. The van der Waals surface area contributed by atoms with E-state index >= 15 is 0 Å². The average molecular weight is 247 g/mol. The lowest BCUT2D eigenvalue weighted by atomic mass is 10.0. The second kappa shape index (κ2) is 6.01. The first-order valence-corrected chi connectivity index (χ1v) is 6.67. The quantitative estimate of drug-likeness (QED) is 0.869. The topological polar surface area (TPSA) is 40.5 Å². The Kier molecular flexibility index (Phi) is 4.37. The van der Waals surface area contributed by atoms with E-state index in [-0.39, 0.29) is 0 Å². The fraction of sp³-hybridized carbons (Fsp3) is 0.533. The van der Waals surface area contributed by atoms with Crippen LogP contribution in [0.4, 0.5) is 0 Å². The first kappa shape index (κ1) is 13.1. The second-order valence-corrected chi connectivity index (χ2v) is 5.15. The van der Waals surface area contributed by atoms with Crippen LogP contribution in [-0.4, -0.2) is 35.1 Å². The zero-order chi connectivity index (χ0) is 13.0. The Labute approximate surface area is 108 Å². The van der Waals surface area contributed by atoms with Crippen LogP contribution >= 0.6 is 0 Å². The Morgan fingerprint density at radius 3 is 2.50 bits per heavy atom. The normalized spacial score (nSPS) is 18.1. The summed E-state index contributed by atoms with van der Waals surface area (Å²) in [5, 5.41) is 9.42. The van der Waals surface area contributed by atoms with Crippen molar-refractivity contribution in [3.8, 4) is 0 Å². The van der Waals surface area contributed by atoms with Crippen LogP contribution in [0.25, 0.3) is 0 Å². The van der Waals surface area contributed by atoms with Crippen molar-refractivity contribution in [3.63, 3.8) is 0 Å². The van der Waals surface area contributed by atoms with Crippen LogP contribution in [0.15, 0.2) is 30.3 Å². The number of nitrogens with zero attached hydrogens (tertiary/aromatic N) is 1. The van der Waals surface area contributed by atoms with E-state index < -0.39 is 12.0 Å². The van der Waals surface area contributed by atoms with E-state index in [1.165, 1.54) is 12.8 Å². The molecule has 0 bridgehead atoms. The van der Waals surface area contributed by atoms with E-state index in [0.717, 1.165) is 18.4 Å². The summed E-state index contributed by atoms with van der Waals surface area (Å²) in [5.41, 5.74) is 1.09. The minimum Gasteiger partial charge on any atom is -0.480 e. The molecule has 1 fully saturated rings. The summed E-state index contributed by atoms with van der Waals surface area (Å²) in [6.07, 6.45) is 5.31. The monoisotopic (exact) mass is 247 g/mol. The van der Waals surface area contributed by atoms with Crippen LogP contribution < -0.4 is 0 Å². The van der Waals surface area contributed by atoms with Gasteiger partial charge in [0.2, 0.25) is 0 Å². The van der Waals surface area contributed by atoms with Gasteiger partial charge in [-0.2, -0.15) is 0 Å². The van der Waals surface area contributed by atoms with E-state index in [9.17, 15) is 9.90 Å². The van der Waals surface area contributed by atoms with Crippen molar-refractivity contribution in [2.24, 2.45) is 0 Å². The molecule has 2 rings (SSSR count). The molecule has 1 aromatic rings. The van der Waals surface area contributed by atoms with Crippen molar-refractivity contribution in [2.75, 3.05) is 7.05 Å². The Morgan fingerprint density at radius 1 is 1.33 bits per heavy atom. The molecular weight excluding hydrogens is 226 g/mol. The molecule has 0 radical (unpaired) electrons. The van der Waals surface area contributed by atoms with Gasteiger partial charge in [0.15, 0.2) is 0 Å². The van der Waals surface area contributed by atoms with E-state index in [0.29, 0.717) is 12.5 Å². The molecule has 0 heterocycles. The predicted molar refractivity (Wildman–Crippen MR) is 71.6 cm³/mol. The molecule has 0 amide bonds. The molecule has 1 N–H and O–H groups in total. The molecule has 1 atom stereocenters. The first-order valence-electron chi connectivity index (χ1n) is 6.67. The zero-order valence-corrected chi connectivity index (χ0v) is 10.9. The molecule has 0 aromatic heterocycles. The van der Waals surface area contributed by atoms with Gasteiger partial charge in [0.25, 0.3) is 0 Å². The molecule has 18 heavy (non-hydrogen) atoms. The molecule has 0 saturated heterocycles. The maximum absolute atomic E-state index is 11.5. The van der Waals surface area contributed by atoms with Crippen molar-refractivity contribution in [1.82, 2.24) is 4.90 Å². The number of benzene rings is 1. The summed E-state index contributed by atoms with van der Waals surface area (Å²) >= 11 is 0. The largest absolute Gasteiger partial charge is 0.480 e. The van der Waals surface area contributed by atoms with Crippen LogP contribution in [0.1, 0.15) is 31.2 Å². The number of carboxylic acids is 1. The van der Waals surface area contributed by atoms with Crippen molar-refractivity contribution in [2.45, 2.75) is 44.2 Å². The van der Waals surface area contributed by atoms with Crippen LogP contribution in [0.5, 0.6) is 0 Å². The highest BCUT2D eigenvalue weighted by Gasteiger charge is 2.30. The zero-order valence-electron chi connectivity index (χ0n) is 10.9. The molecule has 1 saturated carbocycles. The predicted octanol–water partition coefficient (Wildman–Crippen LogP) is 2.56. The van der Waals surface area contributed by atoms with Crippen molar-refractivity contribution in [3.05, 3.63) is 35.9 Å². The highest BCUT2D eigenvalue weighted by molar-refractivity contribution is 5.74. The van der Waals surface area contributed by atoms with E-state index in [1.807, 2.05) is 37.4 Å². The molecule has 1 aliphatic rings. The third kappa shape index (κ3) is 3.10. The van der Waals surface area contributed by atoms with Crippen molar-refractivity contribution in [1.29, 1.82) is 0 Å². The molecule has 98 valence electrons. The molecule has 1 aliphatic carbocycles. The third-order valence-electron chi connectivity index (χ3n) is 3.95. The Bertz CT molecular complexity index is 385. The average Bonchev–Trinajstić information content (AvgIpc) is 2.90. The number of hydrogen-bond donors (Lipinski definition) is 1. The smallest absolute Gasteiger partial charge is 0.321 e. The number of carbonyl (C=O) groups is 1. The van der Waals surface area contributed by atoms with Gasteiger partial charge in [0.1, 0.15) is 6.04 Å². The molecule has 0 unspecified atom stereocenters. The lowest BCUT2D eigenvalue weighted by Crippen LogP contribution is -2.45. The maximum atomic E-state index is 11.5. The molecule has 3 nitrogen and oxygen atoms in total. The van der Waals surface area contributed by atoms with Gasteiger partial charge in [-0.15, -0.1) is 0 Å². The molecule has 3 heteroatoms. The number of hydrogen-bond acceptors (Lipinski definition) is 2. The SMILES string of the molecule is CN(C1CCCC1)[C@@H](Cc1ccccc1)C(=O)O. The summed E-state index contributed by atoms with van der Waals surface area (Å²) < 4.78 is 0. The number of carboxylic acid groups (broad SMARTS) is 1.